The highest BCUT2D eigenvalue weighted by molar-refractivity contribution is 5.80. The Morgan fingerprint density at radius 1 is 1.37 bits per heavy atom. The first-order valence-corrected chi connectivity index (χ1v) is 6.70. The highest BCUT2D eigenvalue weighted by Crippen LogP contribution is 2.16. The molecule has 19 heavy (non-hydrogen) atoms. The minimum Gasteiger partial charge on any atom is -0.481 e. The van der Waals surface area contributed by atoms with E-state index in [4.69, 9.17) is 9.84 Å². The monoisotopic (exact) mass is 272 g/mol. The van der Waals surface area contributed by atoms with Crippen LogP contribution in [-0.4, -0.2) is 72.7 Å². The highest BCUT2D eigenvalue weighted by Gasteiger charge is 2.27. The van der Waals surface area contributed by atoms with Crippen molar-refractivity contribution in [1.29, 1.82) is 0 Å². The van der Waals surface area contributed by atoms with Crippen molar-refractivity contribution < 1.29 is 19.4 Å². The molecule has 0 aliphatic carbocycles. The number of carbonyl (C=O) groups excluding carboxylic acids is 1. The third-order valence-electron chi connectivity index (χ3n) is 3.49. The van der Waals surface area contributed by atoms with Crippen molar-refractivity contribution in [2.75, 3.05) is 33.8 Å². The Morgan fingerprint density at radius 2 is 1.95 bits per heavy atom. The molecule has 1 amide bonds. The van der Waals surface area contributed by atoms with Gasteiger partial charge in [0.25, 0.3) is 0 Å². The molecule has 1 N–H and O–H groups in total. The van der Waals surface area contributed by atoms with Gasteiger partial charge in [-0.2, -0.15) is 0 Å². The minimum atomic E-state index is -0.831. The van der Waals surface area contributed by atoms with Crippen LogP contribution in [0.2, 0.25) is 0 Å². The van der Waals surface area contributed by atoms with Crippen molar-refractivity contribution in [1.82, 2.24) is 9.80 Å². The molecule has 1 atom stereocenters. The number of carboxylic acids is 1. The molecule has 0 bridgehead atoms. The van der Waals surface area contributed by atoms with Gasteiger partial charge in [0, 0.05) is 27.2 Å². The maximum Gasteiger partial charge on any atom is 0.305 e. The second-order valence-corrected chi connectivity index (χ2v) is 5.16. The number of aliphatic carboxylic acids is 1. The average molecular weight is 272 g/mol. The lowest BCUT2D eigenvalue weighted by Crippen LogP contribution is -2.49. The molecule has 1 fully saturated rings. The Balaban J connectivity index is 2.28. The summed E-state index contributed by atoms with van der Waals surface area (Å²) in [4.78, 5) is 26.0. The van der Waals surface area contributed by atoms with Crippen LogP contribution in [0.1, 0.15) is 26.2 Å². The van der Waals surface area contributed by atoms with Gasteiger partial charge >= 0.3 is 5.97 Å². The molecule has 1 aliphatic rings. The van der Waals surface area contributed by atoms with E-state index in [0.29, 0.717) is 0 Å². The fraction of sp³-hybridized carbons (Fsp3) is 0.846. The first kappa shape index (κ1) is 15.9. The molecular weight excluding hydrogens is 248 g/mol. The Morgan fingerprint density at radius 3 is 2.42 bits per heavy atom. The number of nitrogens with zero attached hydrogens (tertiary/aromatic N) is 2. The second-order valence-electron chi connectivity index (χ2n) is 5.16. The number of likely N-dealkylation sites (N-methyl/N-ethyl adjacent to an activating group) is 1. The van der Waals surface area contributed by atoms with Crippen LogP contribution >= 0.6 is 0 Å². The van der Waals surface area contributed by atoms with Gasteiger partial charge in [-0.15, -0.1) is 0 Å². The van der Waals surface area contributed by atoms with Gasteiger partial charge in [0.15, 0.2) is 0 Å². The van der Waals surface area contributed by atoms with E-state index in [0.717, 1.165) is 25.9 Å². The van der Waals surface area contributed by atoms with Gasteiger partial charge in [0.2, 0.25) is 5.91 Å². The molecule has 0 saturated carbocycles. The molecule has 6 nitrogen and oxygen atoms in total. The predicted molar refractivity (Wildman–Crippen MR) is 71.0 cm³/mol. The predicted octanol–water partition coefficient (Wildman–Crippen LogP) is 0.419. The molecule has 0 aromatic heterocycles. The van der Waals surface area contributed by atoms with Gasteiger partial charge in [-0.1, -0.05) is 0 Å². The lowest BCUT2D eigenvalue weighted by atomic mass is 10.1. The molecule has 6 heteroatoms. The average Bonchev–Trinajstić information content (AvgIpc) is 2.37. The van der Waals surface area contributed by atoms with Crippen molar-refractivity contribution in [2.24, 2.45) is 0 Å². The molecule has 1 saturated heterocycles. The van der Waals surface area contributed by atoms with E-state index in [1.165, 1.54) is 0 Å². The molecule has 0 aromatic rings. The molecule has 1 heterocycles. The molecule has 0 radical (unpaired) electrons. The van der Waals surface area contributed by atoms with Crippen LogP contribution in [0.4, 0.5) is 0 Å². The summed E-state index contributed by atoms with van der Waals surface area (Å²) in [5.41, 5.74) is 0. The summed E-state index contributed by atoms with van der Waals surface area (Å²) in [6, 6.07) is -0.102. The van der Waals surface area contributed by atoms with Crippen molar-refractivity contribution in [3.8, 4) is 0 Å². The fourth-order valence-electron chi connectivity index (χ4n) is 2.27. The zero-order valence-corrected chi connectivity index (χ0v) is 12.0. The first-order valence-electron chi connectivity index (χ1n) is 6.70. The topological polar surface area (TPSA) is 70.1 Å². The number of hydrogen-bond donors (Lipinski definition) is 1. The second kappa shape index (κ2) is 7.45. The van der Waals surface area contributed by atoms with Gasteiger partial charge in [-0.05, 0) is 19.8 Å². The Labute approximate surface area is 114 Å². The molecule has 1 rings (SSSR count). The molecular formula is C13H24N2O4. The summed E-state index contributed by atoms with van der Waals surface area (Å²) in [5.74, 6) is -0.715. The lowest BCUT2D eigenvalue weighted by molar-refractivity contribution is -0.139. The highest BCUT2D eigenvalue weighted by atomic mass is 16.5. The SMILES string of the molecule is CC(C(=O)N(C)C)N1CCC(OCCC(=O)O)CC1. The summed E-state index contributed by atoms with van der Waals surface area (Å²) in [6.07, 6.45) is 1.88. The van der Waals surface area contributed by atoms with Crippen LogP contribution in [0.15, 0.2) is 0 Å². The lowest BCUT2D eigenvalue weighted by Gasteiger charge is -2.36. The summed E-state index contributed by atoms with van der Waals surface area (Å²) >= 11 is 0. The van der Waals surface area contributed by atoms with Gasteiger partial charge in [-0.3, -0.25) is 14.5 Å². The Kier molecular flexibility index (Phi) is 6.24. The van der Waals surface area contributed by atoms with E-state index in [9.17, 15) is 9.59 Å². The number of rotatable bonds is 6. The minimum absolute atomic E-state index is 0.0513. The maximum atomic E-state index is 11.9. The van der Waals surface area contributed by atoms with Crippen LogP contribution in [0.5, 0.6) is 0 Å². The van der Waals surface area contributed by atoms with Crippen LogP contribution < -0.4 is 0 Å². The van der Waals surface area contributed by atoms with E-state index in [2.05, 4.69) is 4.90 Å². The van der Waals surface area contributed by atoms with Gasteiger partial charge in [-0.25, -0.2) is 0 Å². The van der Waals surface area contributed by atoms with Gasteiger partial charge in [0.05, 0.1) is 25.2 Å². The standard InChI is InChI=1S/C13H24N2O4/c1-10(13(18)14(2)3)15-7-4-11(5-8-15)19-9-6-12(16)17/h10-11H,4-9H2,1-3H3,(H,16,17). The summed E-state index contributed by atoms with van der Waals surface area (Å²) in [7, 11) is 3.53. The van der Waals surface area contributed by atoms with Crippen molar-refractivity contribution in [3.05, 3.63) is 0 Å². The molecule has 0 spiro atoms. The maximum absolute atomic E-state index is 11.9. The van der Waals surface area contributed by atoms with Crippen LogP contribution in [0.3, 0.4) is 0 Å². The number of amides is 1. The van der Waals surface area contributed by atoms with Crippen LogP contribution in [0, 0.1) is 0 Å². The van der Waals surface area contributed by atoms with E-state index in [1.54, 1.807) is 19.0 Å². The number of likely N-dealkylation sites (tertiary alicyclic amines) is 1. The largest absolute Gasteiger partial charge is 0.481 e. The molecule has 110 valence electrons. The van der Waals surface area contributed by atoms with Crippen molar-refractivity contribution in [2.45, 2.75) is 38.3 Å². The number of carboxylic acid groups (broad SMARTS) is 1. The molecule has 1 aliphatic heterocycles. The van der Waals surface area contributed by atoms with E-state index in [-0.39, 0.29) is 31.1 Å². The van der Waals surface area contributed by atoms with E-state index < -0.39 is 5.97 Å². The van der Waals surface area contributed by atoms with Gasteiger partial charge in [0.1, 0.15) is 0 Å². The summed E-state index contributed by atoms with van der Waals surface area (Å²) < 4.78 is 5.53. The smallest absolute Gasteiger partial charge is 0.305 e. The quantitative estimate of drug-likeness (QED) is 0.759. The van der Waals surface area contributed by atoms with Crippen molar-refractivity contribution >= 4 is 11.9 Å². The zero-order chi connectivity index (χ0) is 14.4. The molecule has 0 aromatic carbocycles. The summed E-state index contributed by atoms with van der Waals surface area (Å²) in [5, 5.41) is 8.54. The zero-order valence-electron chi connectivity index (χ0n) is 12.0. The van der Waals surface area contributed by atoms with E-state index in [1.807, 2.05) is 6.92 Å². The van der Waals surface area contributed by atoms with Crippen molar-refractivity contribution in [3.63, 3.8) is 0 Å². The third-order valence-corrected chi connectivity index (χ3v) is 3.49. The van der Waals surface area contributed by atoms with Gasteiger partial charge < -0.3 is 14.7 Å². The summed E-state index contributed by atoms with van der Waals surface area (Å²) in [6.45, 7) is 3.83. The molecule has 1 unspecified atom stereocenters. The number of piperidine rings is 1. The Hall–Kier alpha value is -1.14. The Bertz CT molecular complexity index is 312. The number of hydrogen-bond acceptors (Lipinski definition) is 4. The number of ether oxygens (including phenoxy) is 1. The van der Waals surface area contributed by atoms with E-state index >= 15 is 0 Å². The van der Waals surface area contributed by atoms with Crippen LogP contribution in [-0.2, 0) is 14.3 Å². The first-order chi connectivity index (χ1) is 8.91. The van der Waals surface area contributed by atoms with Crippen LogP contribution in [0.25, 0.3) is 0 Å². The number of carbonyl (C=O) groups is 2. The third kappa shape index (κ3) is 5.16. The fourth-order valence-corrected chi connectivity index (χ4v) is 2.27. The normalized spacial score (nSPS) is 19.1.